The van der Waals surface area contributed by atoms with Gasteiger partial charge in [-0.05, 0) is 37.3 Å². The summed E-state index contributed by atoms with van der Waals surface area (Å²) < 4.78 is 4.94. The Balaban J connectivity index is 1.98. The van der Waals surface area contributed by atoms with Crippen LogP contribution in [-0.2, 0) is 17.6 Å². The van der Waals surface area contributed by atoms with E-state index < -0.39 is 16.8 Å². The van der Waals surface area contributed by atoms with E-state index in [1.807, 2.05) is 0 Å². The molecule has 1 heterocycles. The van der Waals surface area contributed by atoms with Crippen LogP contribution in [0.25, 0.3) is 0 Å². The Hall–Kier alpha value is -2.45. The lowest BCUT2D eigenvalue weighted by molar-refractivity contribution is -0.384. The summed E-state index contributed by atoms with van der Waals surface area (Å²) in [6.07, 6.45) is 5.83. The zero-order valence-electron chi connectivity index (χ0n) is 15.2. The molecule has 9 heteroatoms. The lowest BCUT2D eigenvalue weighted by Crippen LogP contribution is -2.15. The number of fused-ring (bicyclic) bond motifs is 1. The van der Waals surface area contributed by atoms with Gasteiger partial charge in [-0.2, -0.15) is 0 Å². The third kappa shape index (κ3) is 4.18. The molecule has 0 fully saturated rings. The number of non-ortho nitro benzene ring substituents is 1. The molecule has 0 saturated heterocycles. The lowest BCUT2D eigenvalue weighted by Gasteiger charge is -2.11. The minimum Gasteiger partial charge on any atom is -0.465 e. The number of halogens is 1. The highest BCUT2D eigenvalue weighted by molar-refractivity contribution is 7.17. The molecule has 2 aromatic rings. The van der Waals surface area contributed by atoms with Crippen LogP contribution in [0.15, 0.2) is 18.2 Å². The number of carbonyl (C=O) groups excluding carboxylic acids is 2. The number of aryl methyl sites for hydroxylation is 1. The number of ether oxygens (including phenoxy) is 1. The second kappa shape index (κ2) is 8.70. The second-order valence-corrected chi connectivity index (χ2v) is 8.00. The highest BCUT2D eigenvalue weighted by atomic mass is 35.5. The number of anilines is 1. The van der Waals surface area contributed by atoms with E-state index in [4.69, 9.17) is 16.3 Å². The zero-order valence-corrected chi connectivity index (χ0v) is 16.8. The van der Waals surface area contributed by atoms with Gasteiger partial charge in [-0.3, -0.25) is 14.9 Å². The predicted molar refractivity (Wildman–Crippen MR) is 108 cm³/mol. The second-order valence-electron chi connectivity index (χ2n) is 6.49. The fourth-order valence-corrected chi connectivity index (χ4v) is 4.77. The van der Waals surface area contributed by atoms with Crippen LogP contribution in [-0.4, -0.2) is 23.9 Å². The number of thiophene rings is 1. The Bertz CT molecular complexity index is 941. The molecule has 0 unspecified atom stereocenters. The number of amides is 1. The Morgan fingerprint density at radius 1 is 1.21 bits per heavy atom. The zero-order chi connectivity index (χ0) is 20.3. The van der Waals surface area contributed by atoms with Gasteiger partial charge in [0.1, 0.15) is 5.00 Å². The highest BCUT2D eigenvalue weighted by Gasteiger charge is 2.27. The number of methoxy groups -OCH3 is 1. The SMILES string of the molecule is COC(=O)c1c(NC(=O)c2cc([N+](=O)[O-])ccc2Cl)sc2c1CCCCCC2. The molecule has 1 aliphatic rings. The fourth-order valence-electron chi connectivity index (χ4n) is 3.30. The minimum absolute atomic E-state index is 0.0208. The molecule has 1 aliphatic carbocycles. The van der Waals surface area contributed by atoms with E-state index in [1.54, 1.807) is 0 Å². The fraction of sp³-hybridized carbons (Fsp3) is 0.368. The van der Waals surface area contributed by atoms with Crippen molar-refractivity contribution in [1.82, 2.24) is 0 Å². The third-order valence-electron chi connectivity index (χ3n) is 4.69. The number of benzene rings is 1. The molecule has 7 nitrogen and oxygen atoms in total. The van der Waals surface area contributed by atoms with Crippen molar-refractivity contribution in [3.63, 3.8) is 0 Å². The number of nitro groups is 1. The maximum absolute atomic E-state index is 12.8. The van der Waals surface area contributed by atoms with Gasteiger partial charge >= 0.3 is 5.97 Å². The van der Waals surface area contributed by atoms with E-state index in [2.05, 4.69) is 5.32 Å². The summed E-state index contributed by atoms with van der Waals surface area (Å²) in [6, 6.07) is 3.67. The van der Waals surface area contributed by atoms with E-state index in [0.717, 1.165) is 55.0 Å². The molecule has 0 saturated carbocycles. The molecule has 0 radical (unpaired) electrons. The molecule has 1 N–H and O–H groups in total. The number of esters is 1. The van der Waals surface area contributed by atoms with E-state index in [1.165, 1.54) is 30.6 Å². The summed E-state index contributed by atoms with van der Waals surface area (Å²) in [4.78, 5) is 36.6. The Kier molecular flexibility index (Phi) is 6.31. The van der Waals surface area contributed by atoms with Gasteiger partial charge in [0.2, 0.25) is 0 Å². The summed E-state index contributed by atoms with van der Waals surface area (Å²) in [5, 5.41) is 14.2. The average molecular weight is 423 g/mol. The molecular formula is C19H19ClN2O5S. The molecule has 28 heavy (non-hydrogen) atoms. The van der Waals surface area contributed by atoms with Crippen LogP contribution >= 0.6 is 22.9 Å². The van der Waals surface area contributed by atoms with E-state index >= 15 is 0 Å². The smallest absolute Gasteiger partial charge is 0.341 e. The number of rotatable bonds is 4. The van der Waals surface area contributed by atoms with Crippen molar-refractivity contribution in [3.8, 4) is 0 Å². The molecule has 3 rings (SSSR count). The van der Waals surface area contributed by atoms with E-state index in [0.29, 0.717) is 10.6 Å². The molecule has 0 atom stereocenters. The molecule has 1 aromatic heterocycles. The number of nitrogens with zero attached hydrogens (tertiary/aromatic N) is 1. The molecule has 0 spiro atoms. The molecule has 1 aromatic carbocycles. The summed E-state index contributed by atoms with van der Waals surface area (Å²) in [6.45, 7) is 0. The van der Waals surface area contributed by atoms with Crippen molar-refractivity contribution in [1.29, 1.82) is 0 Å². The van der Waals surface area contributed by atoms with Crippen molar-refractivity contribution in [2.24, 2.45) is 0 Å². The van der Waals surface area contributed by atoms with Crippen molar-refractivity contribution in [3.05, 3.63) is 54.9 Å². The Labute approximate surface area is 170 Å². The van der Waals surface area contributed by atoms with Crippen LogP contribution in [0.1, 0.15) is 56.8 Å². The van der Waals surface area contributed by atoms with E-state index in [-0.39, 0.29) is 16.3 Å². The van der Waals surface area contributed by atoms with Gasteiger partial charge in [0.15, 0.2) is 0 Å². The average Bonchev–Trinajstić information content (AvgIpc) is 2.97. The monoisotopic (exact) mass is 422 g/mol. The number of hydrogen-bond donors (Lipinski definition) is 1. The van der Waals surface area contributed by atoms with Crippen molar-refractivity contribution in [2.75, 3.05) is 12.4 Å². The summed E-state index contributed by atoms with van der Waals surface area (Å²) in [7, 11) is 1.30. The number of nitro benzene ring substituents is 1. The maximum Gasteiger partial charge on any atom is 0.341 e. The van der Waals surface area contributed by atoms with Gasteiger partial charge in [-0.1, -0.05) is 24.4 Å². The maximum atomic E-state index is 12.8. The molecular weight excluding hydrogens is 404 g/mol. The summed E-state index contributed by atoms with van der Waals surface area (Å²) in [5.74, 6) is -1.11. The van der Waals surface area contributed by atoms with Crippen LogP contribution < -0.4 is 5.32 Å². The van der Waals surface area contributed by atoms with Crippen LogP contribution in [0, 0.1) is 10.1 Å². The van der Waals surface area contributed by atoms with Gasteiger partial charge in [0, 0.05) is 17.0 Å². The van der Waals surface area contributed by atoms with Gasteiger partial charge in [-0.25, -0.2) is 4.79 Å². The first-order valence-corrected chi connectivity index (χ1v) is 10.1. The number of nitrogens with one attached hydrogen (secondary N) is 1. The first-order chi connectivity index (χ1) is 13.4. The topological polar surface area (TPSA) is 98.5 Å². The predicted octanol–water partition coefficient (Wildman–Crippen LogP) is 5.01. The Morgan fingerprint density at radius 2 is 1.93 bits per heavy atom. The van der Waals surface area contributed by atoms with Crippen molar-refractivity contribution >= 4 is 45.5 Å². The Morgan fingerprint density at radius 3 is 2.61 bits per heavy atom. The standard InChI is InChI=1S/C19H19ClN2O5S/c1-27-19(24)16-12-6-4-2-3-5-7-15(12)28-18(16)21-17(23)13-10-11(22(25)26)8-9-14(13)20/h8-10H,2-7H2,1H3,(H,21,23). The summed E-state index contributed by atoms with van der Waals surface area (Å²) >= 11 is 7.42. The summed E-state index contributed by atoms with van der Waals surface area (Å²) in [5.41, 5.74) is 1.05. The highest BCUT2D eigenvalue weighted by Crippen LogP contribution is 2.38. The van der Waals surface area contributed by atoms with Gasteiger partial charge in [-0.15, -0.1) is 11.3 Å². The van der Waals surface area contributed by atoms with Crippen LogP contribution in [0.2, 0.25) is 5.02 Å². The van der Waals surface area contributed by atoms with Crippen molar-refractivity contribution in [2.45, 2.75) is 38.5 Å². The first kappa shape index (κ1) is 20.3. The van der Waals surface area contributed by atoms with Crippen LogP contribution in [0.4, 0.5) is 10.7 Å². The van der Waals surface area contributed by atoms with Crippen molar-refractivity contribution < 1.29 is 19.2 Å². The van der Waals surface area contributed by atoms with Crippen LogP contribution in [0.5, 0.6) is 0 Å². The van der Waals surface area contributed by atoms with Gasteiger partial charge < -0.3 is 10.1 Å². The van der Waals surface area contributed by atoms with Gasteiger partial charge in [0.05, 0.1) is 28.2 Å². The lowest BCUT2D eigenvalue weighted by atomic mass is 9.96. The molecule has 0 aliphatic heterocycles. The van der Waals surface area contributed by atoms with Crippen LogP contribution in [0.3, 0.4) is 0 Å². The normalized spacial score (nSPS) is 13.8. The minimum atomic E-state index is -0.604. The van der Waals surface area contributed by atoms with Gasteiger partial charge in [0.25, 0.3) is 11.6 Å². The first-order valence-electron chi connectivity index (χ1n) is 8.90. The molecule has 1 amide bonds. The third-order valence-corrected chi connectivity index (χ3v) is 6.23. The number of carbonyl (C=O) groups is 2. The molecule has 0 bridgehead atoms. The largest absolute Gasteiger partial charge is 0.465 e. The molecule has 148 valence electrons. The number of hydrogen-bond acceptors (Lipinski definition) is 6. The quantitative estimate of drug-likeness (QED) is 0.424. The van der Waals surface area contributed by atoms with E-state index in [9.17, 15) is 19.7 Å².